The lowest BCUT2D eigenvalue weighted by atomic mass is 10.1. The van der Waals surface area contributed by atoms with Gasteiger partial charge in [0.05, 0.1) is 18.5 Å². The molecule has 0 unspecified atom stereocenters. The Hall–Kier alpha value is -3.87. The third kappa shape index (κ3) is 4.03. The average molecular weight is 391 g/mol. The number of allylic oxidation sites excluding steroid dienone is 1. The second kappa shape index (κ2) is 8.43. The van der Waals surface area contributed by atoms with Crippen LogP contribution in [-0.4, -0.2) is 28.2 Å². The van der Waals surface area contributed by atoms with E-state index in [2.05, 4.69) is 5.32 Å². The number of methoxy groups -OCH3 is 1. The number of nitrogens with one attached hydrogen (secondary N) is 1. The molecule has 0 aliphatic rings. The maximum Gasteiger partial charge on any atom is 0.354 e. The van der Waals surface area contributed by atoms with Crippen molar-refractivity contribution in [2.45, 2.75) is 6.92 Å². The Kier molecular flexibility index (Phi) is 5.78. The van der Waals surface area contributed by atoms with Gasteiger partial charge in [0.2, 0.25) is 0 Å². The first kappa shape index (κ1) is 19.9. The van der Waals surface area contributed by atoms with Crippen molar-refractivity contribution in [3.05, 3.63) is 94.0 Å². The molecule has 0 amide bonds. The number of anilines is 1. The van der Waals surface area contributed by atoms with Gasteiger partial charge < -0.3 is 10.1 Å². The Bertz CT molecular complexity index is 1130. The van der Waals surface area contributed by atoms with Crippen LogP contribution in [0.2, 0.25) is 0 Å². The van der Waals surface area contributed by atoms with E-state index in [4.69, 9.17) is 4.74 Å². The number of carbonyl (C=O) groups excluding carboxylic acids is 2. The van der Waals surface area contributed by atoms with Gasteiger partial charge in [-0.05, 0) is 19.1 Å². The summed E-state index contributed by atoms with van der Waals surface area (Å²) < 4.78 is 7.94. The Morgan fingerprint density at radius 3 is 2.17 bits per heavy atom. The van der Waals surface area contributed by atoms with Gasteiger partial charge in [-0.2, -0.15) is 0 Å². The number of nitrogens with zero attached hydrogens (tertiary/aromatic N) is 2. The van der Waals surface area contributed by atoms with Crippen molar-refractivity contribution in [1.29, 1.82) is 0 Å². The largest absolute Gasteiger partial charge is 0.464 e. The quantitative estimate of drug-likeness (QED) is 0.397. The van der Waals surface area contributed by atoms with Gasteiger partial charge in [-0.3, -0.25) is 14.3 Å². The Morgan fingerprint density at radius 2 is 1.59 bits per heavy atom. The Morgan fingerprint density at radius 1 is 1.00 bits per heavy atom. The second-order valence-electron chi connectivity index (χ2n) is 6.34. The van der Waals surface area contributed by atoms with Gasteiger partial charge in [0.1, 0.15) is 11.4 Å². The summed E-state index contributed by atoms with van der Waals surface area (Å²) in [6, 6.07) is 17.7. The van der Waals surface area contributed by atoms with E-state index in [9.17, 15) is 14.4 Å². The number of carbonyl (C=O) groups is 2. The molecule has 0 radical (unpaired) electrons. The van der Waals surface area contributed by atoms with Crippen molar-refractivity contribution in [3.63, 3.8) is 0 Å². The van der Waals surface area contributed by atoms with Crippen LogP contribution >= 0.6 is 0 Å². The molecule has 3 aromatic rings. The van der Waals surface area contributed by atoms with Crippen LogP contribution in [0.25, 0.3) is 5.69 Å². The van der Waals surface area contributed by atoms with Crippen LogP contribution in [0.5, 0.6) is 0 Å². The standard InChI is InChI=1S/C22H21N3O4/c1-15-20(21(27)25(24(15)2)17-12-8-5-9-13-17)23-18(22(28)29-3)14-19(26)16-10-6-4-7-11-16/h4-14,23H,1-3H3/b18-14-. The van der Waals surface area contributed by atoms with Crippen LogP contribution in [0, 0.1) is 6.92 Å². The Labute approximate surface area is 167 Å². The molecule has 1 N–H and O–H groups in total. The number of rotatable bonds is 6. The van der Waals surface area contributed by atoms with Gasteiger partial charge in [-0.15, -0.1) is 0 Å². The first-order valence-electron chi connectivity index (χ1n) is 8.94. The predicted octanol–water partition coefficient (Wildman–Crippen LogP) is 2.84. The fourth-order valence-electron chi connectivity index (χ4n) is 2.92. The molecular formula is C22H21N3O4. The molecule has 0 bridgehead atoms. The highest BCUT2D eigenvalue weighted by Crippen LogP contribution is 2.17. The van der Waals surface area contributed by atoms with Gasteiger partial charge in [0.15, 0.2) is 5.78 Å². The van der Waals surface area contributed by atoms with E-state index in [1.807, 2.05) is 18.2 Å². The first-order valence-corrected chi connectivity index (χ1v) is 8.94. The summed E-state index contributed by atoms with van der Waals surface area (Å²) in [5, 5.41) is 2.81. The van der Waals surface area contributed by atoms with E-state index in [-0.39, 0.29) is 22.7 Å². The summed E-state index contributed by atoms with van der Waals surface area (Å²) in [5.74, 6) is -1.13. The SMILES string of the molecule is COC(=O)/C(=C/C(=O)c1ccccc1)Nc1c(C)n(C)n(-c2ccccc2)c1=O. The summed E-state index contributed by atoms with van der Waals surface area (Å²) in [5.41, 5.74) is 1.42. The third-order valence-electron chi connectivity index (χ3n) is 4.55. The van der Waals surface area contributed by atoms with E-state index < -0.39 is 5.97 Å². The monoisotopic (exact) mass is 391 g/mol. The molecule has 7 heteroatoms. The number of para-hydroxylation sites is 1. The van der Waals surface area contributed by atoms with Crippen LogP contribution in [0.4, 0.5) is 5.69 Å². The lowest BCUT2D eigenvalue weighted by Gasteiger charge is -2.08. The fraction of sp³-hybridized carbons (Fsp3) is 0.136. The molecule has 0 aliphatic carbocycles. The van der Waals surface area contributed by atoms with Crippen molar-refractivity contribution >= 4 is 17.4 Å². The smallest absolute Gasteiger partial charge is 0.354 e. The highest BCUT2D eigenvalue weighted by molar-refractivity contribution is 6.09. The molecule has 0 spiro atoms. The molecule has 0 fully saturated rings. The second-order valence-corrected chi connectivity index (χ2v) is 6.34. The van der Waals surface area contributed by atoms with Gasteiger partial charge in [-0.1, -0.05) is 48.5 Å². The molecule has 0 aliphatic heterocycles. The van der Waals surface area contributed by atoms with Crippen molar-refractivity contribution < 1.29 is 14.3 Å². The zero-order valence-electron chi connectivity index (χ0n) is 16.4. The molecule has 7 nitrogen and oxygen atoms in total. The van der Waals surface area contributed by atoms with Gasteiger partial charge >= 0.3 is 5.97 Å². The van der Waals surface area contributed by atoms with Crippen molar-refractivity contribution in [2.75, 3.05) is 12.4 Å². The highest BCUT2D eigenvalue weighted by atomic mass is 16.5. The van der Waals surface area contributed by atoms with Crippen LogP contribution in [0.3, 0.4) is 0 Å². The lowest BCUT2D eigenvalue weighted by molar-refractivity contribution is -0.135. The fourth-order valence-corrected chi connectivity index (χ4v) is 2.92. The zero-order valence-corrected chi connectivity index (χ0v) is 16.4. The van der Waals surface area contributed by atoms with Crippen LogP contribution < -0.4 is 10.9 Å². The summed E-state index contributed by atoms with van der Waals surface area (Å²) >= 11 is 0. The van der Waals surface area contributed by atoms with E-state index in [1.165, 1.54) is 11.8 Å². The molecule has 0 saturated heterocycles. The summed E-state index contributed by atoms with van der Waals surface area (Å²) in [6.07, 6.45) is 1.14. The van der Waals surface area contributed by atoms with E-state index in [0.717, 1.165) is 6.08 Å². The van der Waals surface area contributed by atoms with Crippen LogP contribution in [0.1, 0.15) is 16.1 Å². The molecule has 0 saturated carbocycles. The minimum atomic E-state index is -0.747. The number of esters is 1. The van der Waals surface area contributed by atoms with E-state index >= 15 is 0 Å². The van der Waals surface area contributed by atoms with Crippen molar-refractivity contribution in [3.8, 4) is 5.69 Å². The van der Waals surface area contributed by atoms with Gasteiger partial charge in [-0.25, -0.2) is 9.48 Å². The number of hydrogen-bond acceptors (Lipinski definition) is 5. The number of hydrogen-bond donors (Lipinski definition) is 1. The van der Waals surface area contributed by atoms with Crippen molar-refractivity contribution in [2.24, 2.45) is 7.05 Å². The summed E-state index contributed by atoms with van der Waals surface area (Å²) in [6.45, 7) is 1.75. The molecule has 2 aromatic carbocycles. The number of ketones is 1. The molecule has 1 heterocycles. The maximum absolute atomic E-state index is 13.0. The molecular weight excluding hydrogens is 370 g/mol. The van der Waals surface area contributed by atoms with E-state index in [0.29, 0.717) is 16.9 Å². The number of benzene rings is 2. The molecule has 0 atom stereocenters. The number of ether oxygens (including phenoxy) is 1. The minimum Gasteiger partial charge on any atom is -0.464 e. The predicted molar refractivity (Wildman–Crippen MR) is 110 cm³/mol. The topological polar surface area (TPSA) is 82.3 Å². The first-order chi connectivity index (χ1) is 13.9. The summed E-state index contributed by atoms with van der Waals surface area (Å²) in [4.78, 5) is 37.8. The lowest BCUT2D eigenvalue weighted by Crippen LogP contribution is -2.22. The van der Waals surface area contributed by atoms with Crippen LogP contribution in [0.15, 0.2) is 77.2 Å². The van der Waals surface area contributed by atoms with Crippen molar-refractivity contribution in [1.82, 2.24) is 9.36 Å². The van der Waals surface area contributed by atoms with Gasteiger partial charge in [0, 0.05) is 18.7 Å². The average Bonchev–Trinajstić information content (AvgIpc) is 2.96. The third-order valence-corrected chi connectivity index (χ3v) is 4.55. The number of aromatic nitrogens is 2. The zero-order chi connectivity index (χ0) is 21.0. The van der Waals surface area contributed by atoms with E-state index in [1.54, 1.807) is 61.1 Å². The van der Waals surface area contributed by atoms with Gasteiger partial charge in [0.25, 0.3) is 5.56 Å². The molecule has 29 heavy (non-hydrogen) atoms. The summed E-state index contributed by atoms with van der Waals surface area (Å²) in [7, 11) is 2.95. The molecule has 3 rings (SSSR count). The molecule has 1 aromatic heterocycles. The van der Waals surface area contributed by atoms with Crippen LogP contribution in [-0.2, 0) is 16.6 Å². The Balaban J connectivity index is 2.03. The minimum absolute atomic E-state index is 0.118. The normalized spacial score (nSPS) is 11.2. The molecule has 148 valence electrons. The highest BCUT2D eigenvalue weighted by Gasteiger charge is 2.21. The maximum atomic E-state index is 13.0.